The Kier molecular flexibility index (Phi) is 6.85. The van der Waals surface area contributed by atoms with E-state index in [-0.39, 0.29) is 35.1 Å². The van der Waals surface area contributed by atoms with Crippen molar-refractivity contribution in [1.82, 2.24) is 0 Å². The van der Waals surface area contributed by atoms with Crippen LogP contribution in [0.15, 0.2) is 71.7 Å². The average molecular weight is 541 g/mol. The highest BCUT2D eigenvalue weighted by Gasteiger charge is 2.50. The van der Waals surface area contributed by atoms with Gasteiger partial charge in [-0.15, -0.1) is 0 Å². The second-order valence-corrected chi connectivity index (χ2v) is 13.0. The van der Waals surface area contributed by atoms with E-state index in [9.17, 15) is 13.2 Å². The van der Waals surface area contributed by atoms with Gasteiger partial charge in [-0.05, 0) is 55.3 Å². The third-order valence-corrected chi connectivity index (χ3v) is 9.57. The van der Waals surface area contributed by atoms with E-state index in [0.717, 1.165) is 16.7 Å². The molecule has 2 fully saturated rings. The molecule has 0 N–H and O–H groups in total. The van der Waals surface area contributed by atoms with Crippen LogP contribution in [0.25, 0.3) is 0 Å². The fourth-order valence-electron chi connectivity index (χ4n) is 4.56. The zero-order valence-electron chi connectivity index (χ0n) is 19.8. The van der Waals surface area contributed by atoms with Gasteiger partial charge in [0.05, 0.1) is 29.7 Å². The molecule has 0 unspecified atom stereocenters. The number of carbonyl (C=O) groups excluding carboxylic acids is 1. The fourth-order valence-corrected chi connectivity index (χ4v) is 8.65. The molecule has 2 aliphatic rings. The maximum absolute atomic E-state index is 13.0. The van der Waals surface area contributed by atoms with Crippen molar-refractivity contribution < 1.29 is 17.9 Å². The van der Waals surface area contributed by atoms with Crippen LogP contribution in [-0.2, 0) is 21.1 Å². The molecule has 1 amide bonds. The molecule has 0 saturated carbocycles. The normalized spacial score (nSPS) is 21.5. The number of amides is 1. The largest absolute Gasteiger partial charge is 0.455 e. The SMILES string of the molecule is Cc1cccc(CC(=O)N=C2S[C@@H]3CS(=O)(=O)C[C@@H]3N2c2cc(Cl)ccc2Oc2cccc(C)c2)c1. The number of thioether (sulfide) groups is 1. The molecule has 2 saturated heterocycles. The molecule has 0 aliphatic carbocycles. The van der Waals surface area contributed by atoms with E-state index in [0.29, 0.717) is 27.4 Å². The summed E-state index contributed by atoms with van der Waals surface area (Å²) in [5, 5.41) is 0.710. The van der Waals surface area contributed by atoms with Gasteiger partial charge in [0.15, 0.2) is 20.8 Å². The summed E-state index contributed by atoms with van der Waals surface area (Å²) in [5.74, 6) is 0.883. The minimum atomic E-state index is -3.22. The maximum atomic E-state index is 13.0. The standard InChI is InChI=1S/C27H25ClN2O4S2/c1-17-5-3-7-19(11-17)13-26(31)29-27-30(23-15-36(32,33)16-25(23)35-27)22-14-20(28)9-10-24(22)34-21-8-4-6-18(2)12-21/h3-12,14,23,25H,13,15-16H2,1-2H3/t23-,25+/m0/s1. The maximum Gasteiger partial charge on any atom is 0.252 e. The van der Waals surface area contributed by atoms with Crippen LogP contribution in [0.4, 0.5) is 5.69 Å². The van der Waals surface area contributed by atoms with Crippen molar-refractivity contribution in [2.75, 3.05) is 16.4 Å². The lowest BCUT2D eigenvalue weighted by atomic mass is 10.1. The second-order valence-electron chi connectivity index (χ2n) is 9.16. The summed E-state index contributed by atoms with van der Waals surface area (Å²) in [6.45, 7) is 3.95. The molecule has 5 rings (SSSR count). The first-order chi connectivity index (χ1) is 17.2. The van der Waals surface area contributed by atoms with Gasteiger partial charge in [-0.1, -0.05) is 65.3 Å². The predicted octanol–water partition coefficient (Wildman–Crippen LogP) is 5.59. The van der Waals surface area contributed by atoms with Gasteiger partial charge in [0.1, 0.15) is 5.75 Å². The highest BCUT2D eigenvalue weighted by molar-refractivity contribution is 8.16. The van der Waals surface area contributed by atoms with E-state index < -0.39 is 9.84 Å². The van der Waals surface area contributed by atoms with Crippen LogP contribution < -0.4 is 9.64 Å². The number of fused-ring (bicyclic) bond motifs is 1. The first kappa shape index (κ1) is 24.9. The van der Waals surface area contributed by atoms with Crippen molar-refractivity contribution in [1.29, 1.82) is 0 Å². The number of nitrogens with zero attached hydrogens (tertiary/aromatic N) is 2. The Morgan fingerprint density at radius 3 is 2.56 bits per heavy atom. The van der Waals surface area contributed by atoms with Crippen LogP contribution in [-0.4, -0.2) is 42.3 Å². The topological polar surface area (TPSA) is 76.0 Å². The van der Waals surface area contributed by atoms with Gasteiger partial charge >= 0.3 is 0 Å². The summed E-state index contributed by atoms with van der Waals surface area (Å²) in [5.41, 5.74) is 3.59. The number of hydrogen-bond donors (Lipinski definition) is 0. The van der Waals surface area contributed by atoms with Crippen LogP contribution in [0.1, 0.15) is 16.7 Å². The smallest absolute Gasteiger partial charge is 0.252 e. The van der Waals surface area contributed by atoms with Crippen molar-refractivity contribution in [2.24, 2.45) is 4.99 Å². The second kappa shape index (κ2) is 9.92. The Bertz CT molecular complexity index is 1470. The lowest BCUT2D eigenvalue weighted by Crippen LogP contribution is -2.38. The molecule has 3 aromatic rings. The lowest BCUT2D eigenvalue weighted by Gasteiger charge is -2.27. The number of amidine groups is 1. The fraction of sp³-hybridized carbons (Fsp3) is 0.259. The number of carbonyl (C=O) groups is 1. The Morgan fingerprint density at radius 2 is 1.81 bits per heavy atom. The number of aliphatic imine (C=N–C) groups is 1. The van der Waals surface area contributed by atoms with Gasteiger partial charge in [0, 0.05) is 10.3 Å². The van der Waals surface area contributed by atoms with E-state index in [4.69, 9.17) is 16.3 Å². The molecule has 2 heterocycles. The Balaban J connectivity index is 1.53. The van der Waals surface area contributed by atoms with Crippen LogP contribution >= 0.6 is 23.4 Å². The summed E-state index contributed by atoms with van der Waals surface area (Å²) in [7, 11) is -3.22. The third-order valence-electron chi connectivity index (χ3n) is 6.12. The van der Waals surface area contributed by atoms with Gasteiger partial charge in [0.2, 0.25) is 0 Å². The number of rotatable bonds is 5. The quantitative estimate of drug-likeness (QED) is 0.420. The summed E-state index contributed by atoms with van der Waals surface area (Å²) in [6, 6.07) is 20.3. The average Bonchev–Trinajstić information content (AvgIpc) is 3.25. The molecule has 9 heteroatoms. The highest BCUT2D eigenvalue weighted by Crippen LogP contribution is 2.45. The first-order valence-corrected chi connectivity index (χ1v) is 14.6. The predicted molar refractivity (Wildman–Crippen MR) is 146 cm³/mol. The molecule has 36 heavy (non-hydrogen) atoms. The van der Waals surface area contributed by atoms with Gasteiger partial charge in [-0.3, -0.25) is 4.79 Å². The lowest BCUT2D eigenvalue weighted by molar-refractivity contribution is -0.117. The Labute approximate surface area is 220 Å². The summed E-state index contributed by atoms with van der Waals surface area (Å²) in [6.07, 6.45) is 0.162. The molecule has 0 radical (unpaired) electrons. The van der Waals surface area contributed by atoms with Crippen molar-refractivity contribution in [3.8, 4) is 11.5 Å². The van der Waals surface area contributed by atoms with Crippen molar-refractivity contribution in [2.45, 2.75) is 31.6 Å². The van der Waals surface area contributed by atoms with Gasteiger partial charge in [-0.2, -0.15) is 4.99 Å². The Hall–Kier alpha value is -2.81. The first-order valence-electron chi connectivity index (χ1n) is 11.5. The van der Waals surface area contributed by atoms with Crippen LogP contribution in [0.2, 0.25) is 5.02 Å². The number of anilines is 1. The zero-order valence-corrected chi connectivity index (χ0v) is 22.2. The zero-order chi connectivity index (χ0) is 25.4. The molecule has 0 spiro atoms. The van der Waals surface area contributed by atoms with Gasteiger partial charge in [-0.25, -0.2) is 8.42 Å². The van der Waals surface area contributed by atoms with Crippen molar-refractivity contribution >= 4 is 50.0 Å². The molecular formula is C27H25ClN2O4S2. The van der Waals surface area contributed by atoms with Crippen LogP contribution in [0.3, 0.4) is 0 Å². The van der Waals surface area contributed by atoms with E-state index >= 15 is 0 Å². The molecule has 0 bridgehead atoms. The van der Waals surface area contributed by atoms with Gasteiger partial charge in [0.25, 0.3) is 5.91 Å². The monoisotopic (exact) mass is 540 g/mol. The number of aryl methyl sites for hydroxylation is 2. The third kappa shape index (κ3) is 5.45. The molecule has 186 valence electrons. The molecule has 3 aromatic carbocycles. The highest BCUT2D eigenvalue weighted by atomic mass is 35.5. The van der Waals surface area contributed by atoms with Crippen LogP contribution in [0.5, 0.6) is 11.5 Å². The van der Waals surface area contributed by atoms with E-state index in [1.54, 1.807) is 18.2 Å². The van der Waals surface area contributed by atoms with E-state index in [2.05, 4.69) is 4.99 Å². The number of halogens is 1. The number of hydrogen-bond acceptors (Lipinski definition) is 5. The van der Waals surface area contributed by atoms with E-state index in [1.807, 2.05) is 67.3 Å². The van der Waals surface area contributed by atoms with Crippen LogP contribution in [0, 0.1) is 13.8 Å². The Morgan fingerprint density at radius 1 is 1.06 bits per heavy atom. The molecule has 2 aliphatic heterocycles. The molecular weight excluding hydrogens is 516 g/mol. The molecule has 6 nitrogen and oxygen atoms in total. The van der Waals surface area contributed by atoms with E-state index in [1.165, 1.54) is 11.8 Å². The number of benzene rings is 3. The van der Waals surface area contributed by atoms with Crippen molar-refractivity contribution in [3.63, 3.8) is 0 Å². The van der Waals surface area contributed by atoms with Gasteiger partial charge < -0.3 is 9.64 Å². The molecule has 0 aromatic heterocycles. The van der Waals surface area contributed by atoms with Crippen molar-refractivity contribution in [3.05, 3.63) is 88.4 Å². The summed E-state index contributed by atoms with van der Waals surface area (Å²) < 4.78 is 31.2. The summed E-state index contributed by atoms with van der Waals surface area (Å²) >= 11 is 7.71. The minimum absolute atomic E-state index is 0.0217. The number of sulfone groups is 1. The minimum Gasteiger partial charge on any atom is -0.455 e. The molecule has 2 atom stereocenters. The summed E-state index contributed by atoms with van der Waals surface area (Å²) in [4.78, 5) is 19.3. The number of ether oxygens (including phenoxy) is 1.